The monoisotopic (exact) mass is 261 g/mol. The predicted molar refractivity (Wildman–Crippen MR) is 80.7 cm³/mol. The summed E-state index contributed by atoms with van der Waals surface area (Å²) in [6.07, 6.45) is 3.44. The van der Waals surface area contributed by atoms with Crippen LogP contribution >= 0.6 is 0 Å². The summed E-state index contributed by atoms with van der Waals surface area (Å²) in [6, 6.07) is 4.50. The molecule has 0 saturated heterocycles. The van der Waals surface area contributed by atoms with E-state index < -0.39 is 0 Å². The van der Waals surface area contributed by atoms with E-state index in [-0.39, 0.29) is 12.1 Å². The number of hydrogen-bond acceptors (Lipinski definition) is 2. The van der Waals surface area contributed by atoms with Crippen LogP contribution in [0.25, 0.3) is 0 Å². The third-order valence-corrected chi connectivity index (χ3v) is 4.43. The van der Waals surface area contributed by atoms with E-state index in [1.807, 2.05) is 0 Å². The van der Waals surface area contributed by atoms with Crippen LogP contribution in [0.4, 0.5) is 0 Å². The Balaban J connectivity index is 2.20. The SMILES string of the molecule is Cc1cc(C)c(C)c(OC2CC(C)(C)CCC2N)c1. The molecule has 2 heteroatoms. The molecule has 106 valence electrons. The Morgan fingerprint density at radius 3 is 2.58 bits per heavy atom. The molecule has 2 rings (SSSR count). The first-order valence-electron chi connectivity index (χ1n) is 7.28. The summed E-state index contributed by atoms with van der Waals surface area (Å²) in [5, 5.41) is 0. The Hall–Kier alpha value is -1.02. The second kappa shape index (κ2) is 5.16. The second-order valence-electron chi connectivity index (χ2n) is 6.93. The van der Waals surface area contributed by atoms with E-state index in [4.69, 9.17) is 10.5 Å². The van der Waals surface area contributed by atoms with Gasteiger partial charge in [0.2, 0.25) is 0 Å². The van der Waals surface area contributed by atoms with Crippen molar-refractivity contribution in [2.45, 2.75) is 66.0 Å². The zero-order valence-electron chi connectivity index (χ0n) is 12.9. The highest BCUT2D eigenvalue weighted by Crippen LogP contribution is 2.37. The lowest BCUT2D eigenvalue weighted by atomic mass is 9.74. The van der Waals surface area contributed by atoms with Gasteiger partial charge >= 0.3 is 0 Å². The summed E-state index contributed by atoms with van der Waals surface area (Å²) in [5.74, 6) is 1.01. The summed E-state index contributed by atoms with van der Waals surface area (Å²) in [4.78, 5) is 0. The molecule has 0 aliphatic heterocycles. The van der Waals surface area contributed by atoms with Gasteiger partial charge in [-0.2, -0.15) is 0 Å². The average Bonchev–Trinajstić information content (AvgIpc) is 2.30. The van der Waals surface area contributed by atoms with E-state index >= 15 is 0 Å². The number of benzene rings is 1. The minimum absolute atomic E-state index is 0.142. The lowest BCUT2D eigenvalue weighted by molar-refractivity contribution is 0.0663. The number of hydrogen-bond donors (Lipinski definition) is 1. The highest BCUT2D eigenvalue weighted by molar-refractivity contribution is 5.42. The van der Waals surface area contributed by atoms with Crippen LogP contribution in [0.1, 0.15) is 49.8 Å². The van der Waals surface area contributed by atoms with Gasteiger partial charge in [0.1, 0.15) is 11.9 Å². The van der Waals surface area contributed by atoms with Crippen LogP contribution in [0.2, 0.25) is 0 Å². The quantitative estimate of drug-likeness (QED) is 0.876. The Labute approximate surface area is 117 Å². The molecule has 0 amide bonds. The van der Waals surface area contributed by atoms with Crippen LogP contribution in [-0.4, -0.2) is 12.1 Å². The highest BCUT2D eigenvalue weighted by Gasteiger charge is 2.34. The molecule has 1 aliphatic carbocycles. The molecule has 0 heterocycles. The van der Waals surface area contributed by atoms with Crippen molar-refractivity contribution in [3.8, 4) is 5.75 Å². The topological polar surface area (TPSA) is 35.2 Å². The smallest absolute Gasteiger partial charge is 0.123 e. The molecule has 1 saturated carbocycles. The van der Waals surface area contributed by atoms with Gasteiger partial charge in [0, 0.05) is 6.04 Å². The van der Waals surface area contributed by atoms with E-state index in [0.29, 0.717) is 5.41 Å². The normalized spacial score (nSPS) is 26.2. The van der Waals surface area contributed by atoms with Crippen molar-refractivity contribution in [3.63, 3.8) is 0 Å². The fourth-order valence-electron chi connectivity index (χ4n) is 2.96. The summed E-state index contributed by atoms with van der Waals surface area (Å²) in [6.45, 7) is 11.0. The Morgan fingerprint density at radius 2 is 1.89 bits per heavy atom. The van der Waals surface area contributed by atoms with E-state index in [0.717, 1.165) is 18.6 Å². The van der Waals surface area contributed by atoms with E-state index in [9.17, 15) is 0 Å². The minimum atomic E-state index is 0.142. The minimum Gasteiger partial charge on any atom is -0.489 e. The van der Waals surface area contributed by atoms with Gasteiger partial charge in [0.25, 0.3) is 0 Å². The number of nitrogens with two attached hydrogens (primary N) is 1. The highest BCUT2D eigenvalue weighted by atomic mass is 16.5. The first-order valence-corrected chi connectivity index (χ1v) is 7.28. The fourth-order valence-corrected chi connectivity index (χ4v) is 2.96. The lowest BCUT2D eigenvalue weighted by Gasteiger charge is -2.39. The molecule has 0 radical (unpaired) electrons. The summed E-state index contributed by atoms with van der Waals surface area (Å²) in [7, 11) is 0. The van der Waals surface area contributed by atoms with Gasteiger partial charge in [-0.3, -0.25) is 0 Å². The van der Waals surface area contributed by atoms with Gasteiger partial charge in [-0.25, -0.2) is 0 Å². The molecule has 1 aromatic carbocycles. The van der Waals surface area contributed by atoms with Crippen molar-refractivity contribution in [3.05, 3.63) is 28.8 Å². The Bertz CT molecular complexity index is 465. The van der Waals surface area contributed by atoms with Crippen LogP contribution in [0.15, 0.2) is 12.1 Å². The molecule has 2 nitrogen and oxygen atoms in total. The maximum atomic E-state index is 6.27. The molecule has 2 N–H and O–H groups in total. The van der Waals surface area contributed by atoms with Gasteiger partial charge in [0.15, 0.2) is 0 Å². The van der Waals surface area contributed by atoms with Crippen molar-refractivity contribution < 1.29 is 4.74 Å². The molecule has 19 heavy (non-hydrogen) atoms. The molecule has 0 aromatic heterocycles. The van der Waals surface area contributed by atoms with Crippen LogP contribution in [-0.2, 0) is 0 Å². The zero-order valence-corrected chi connectivity index (χ0v) is 12.9. The zero-order chi connectivity index (χ0) is 14.2. The Morgan fingerprint density at radius 1 is 1.21 bits per heavy atom. The standard InChI is InChI=1S/C17H27NO/c1-11-8-12(2)13(3)15(9-11)19-16-10-17(4,5)7-6-14(16)18/h8-9,14,16H,6-7,10,18H2,1-5H3. The fraction of sp³-hybridized carbons (Fsp3) is 0.647. The lowest BCUT2D eigenvalue weighted by Crippen LogP contribution is -2.46. The molecular weight excluding hydrogens is 234 g/mol. The molecule has 0 spiro atoms. The van der Waals surface area contributed by atoms with Gasteiger partial charge in [-0.1, -0.05) is 19.9 Å². The summed E-state index contributed by atoms with van der Waals surface area (Å²) in [5.41, 5.74) is 10.4. The largest absolute Gasteiger partial charge is 0.489 e. The van der Waals surface area contributed by atoms with Crippen molar-refractivity contribution in [1.29, 1.82) is 0 Å². The maximum absolute atomic E-state index is 6.27. The average molecular weight is 261 g/mol. The molecular formula is C17H27NO. The first kappa shape index (κ1) is 14.4. The van der Waals surface area contributed by atoms with Crippen molar-refractivity contribution in [2.24, 2.45) is 11.1 Å². The maximum Gasteiger partial charge on any atom is 0.123 e. The summed E-state index contributed by atoms with van der Waals surface area (Å²) < 4.78 is 6.27. The van der Waals surface area contributed by atoms with Crippen LogP contribution in [0, 0.1) is 26.2 Å². The van der Waals surface area contributed by atoms with E-state index in [1.54, 1.807) is 0 Å². The van der Waals surface area contributed by atoms with Gasteiger partial charge in [0.05, 0.1) is 0 Å². The van der Waals surface area contributed by atoms with E-state index in [1.165, 1.54) is 23.1 Å². The summed E-state index contributed by atoms with van der Waals surface area (Å²) >= 11 is 0. The van der Waals surface area contributed by atoms with Crippen molar-refractivity contribution in [1.82, 2.24) is 0 Å². The van der Waals surface area contributed by atoms with Gasteiger partial charge < -0.3 is 10.5 Å². The van der Waals surface area contributed by atoms with Crippen molar-refractivity contribution in [2.75, 3.05) is 0 Å². The number of rotatable bonds is 2. The van der Waals surface area contributed by atoms with Crippen LogP contribution in [0.5, 0.6) is 5.75 Å². The molecule has 2 atom stereocenters. The van der Waals surface area contributed by atoms with Gasteiger partial charge in [-0.05, 0) is 68.2 Å². The van der Waals surface area contributed by atoms with Crippen molar-refractivity contribution >= 4 is 0 Å². The Kier molecular flexibility index (Phi) is 3.91. The third-order valence-electron chi connectivity index (χ3n) is 4.43. The molecule has 1 fully saturated rings. The van der Waals surface area contributed by atoms with Crippen LogP contribution < -0.4 is 10.5 Å². The number of aryl methyl sites for hydroxylation is 2. The predicted octanol–water partition coefficient (Wildman–Crippen LogP) is 3.90. The number of ether oxygens (including phenoxy) is 1. The second-order valence-corrected chi connectivity index (χ2v) is 6.93. The first-order chi connectivity index (χ1) is 8.78. The molecule has 1 aliphatic rings. The molecule has 1 aromatic rings. The molecule has 0 bridgehead atoms. The van der Waals surface area contributed by atoms with Gasteiger partial charge in [-0.15, -0.1) is 0 Å². The van der Waals surface area contributed by atoms with Crippen LogP contribution in [0.3, 0.4) is 0 Å². The molecule has 2 unspecified atom stereocenters. The third kappa shape index (κ3) is 3.30. The van der Waals surface area contributed by atoms with E-state index in [2.05, 4.69) is 46.8 Å².